The second-order valence-corrected chi connectivity index (χ2v) is 3.92. The van der Waals surface area contributed by atoms with Gasteiger partial charge in [-0.15, -0.1) is 0 Å². The van der Waals surface area contributed by atoms with Gasteiger partial charge in [-0.25, -0.2) is 9.78 Å². The Kier molecular flexibility index (Phi) is 4.05. The number of carboxylic acid groups (broad SMARTS) is 1. The molecule has 0 saturated carbocycles. The number of nitrogens with zero attached hydrogens (tertiary/aromatic N) is 1. The largest absolute Gasteiger partial charge is 0.497 e. The predicted octanol–water partition coefficient (Wildman–Crippen LogP) is 2.19. The van der Waals surface area contributed by atoms with Crippen molar-refractivity contribution in [2.45, 2.75) is 0 Å². The third kappa shape index (κ3) is 2.97. The van der Waals surface area contributed by atoms with Gasteiger partial charge in [-0.3, -0.25) is 0 Å². The van der Waals surface area contributed by atoms with Crippen LogP contribution < -0.4 is 9.47 Å². The number of hydrogen-bond donors (Lipinski definition) is 2. The summed E-state index contributed by atoms with van der Waals surface area (Å²) in [5.41, 5.74) is 1.36. The maximum atomic E-state index is 10.5. The van der Waals surface area contributed by atoms with E-state index in [9.17, 15) is 4.79 Å². The molecule has 1 aromatic carbocycles. The first-order valence-electron chi connectivity index (χ1n) is 5.82. The second-order valence-electron chi connectivity index (χ2n) is 3.92. The van der Waals surface area contributed by atoms with Crippen molar-refractivity contribution in [3.8, 4) is 22.9 Å². The van der Waals surface area contributed by atoms with Gasteiger partial charge in [0.1, 0.15) is 17.3 Å². The molecule has 0 atom stereocenters. The highest BCUT2D eigenvalue weighted by Gasteiger charge is 2.10. The fraction of sp³-hybridized carbons (Fsp3) is 0.143. The maximum absolute atomic E-state index is 10.5. The lowest BCUT2D eigenvalue weighted by Gasteiger charge is -2.08. The van der Waals surface area contributed by atoms with Gasteiger partial charge < -0.3 is 19.6 Å². The van der Waals surface area contributed by atoms with Crippen molar-refractivity contribution in [3.63, 3.8) is 0 Å². The summed E-state index contributed by atoms with van der Waals surface area (Å²) in [5, 5.41) is 8.58. The molecule has 0 unspecified atom stereocenters. The van der Waals surface area contributed by atoms with Gasteiger partial charge in [0.05, 0.1) is 31.7 Å². The lowest BCUT2D eigenvalue weighted by molar-refractivity contribution is -0.131. The Bertz CT molecular complexity index is 646. The second kappa shape index (κ2) is 5.92. The van der Waals surface area contributed by atoms with E-state index >= 15 is 0 Å². The first-order valence-corrected chi connectivity index (χ1v) is 5.82. The minimum atomic E-state index is -1.01. The quantitative estimate of drug-likeness (QED) is 0.816. The highest BCUT2D eigenvalue weighted by Crippen LogP contribution is 2.31. The summed E-state index contributed by atoms with van der Waals surface area (Å²) in [6, 6.07) is 5.37. The lowest BCUT2D eigenvalue weighted by Crippen LogP contribution is -1.91. The van der Waals surface area contributed by atoms with Gasteiger partial charge in [0.2, 0.25) is 0 Å². The number of aliphatic carboxylic acids is 1. The number of carboxylic acids is 1. The van der Waals surface area contributed by atoms with E-state index in [-0.39, 0.29) is 0 Å². The zero-order chi connectivity index (χ0) is 14.5. The molecule has 0 radical (unpaired) electrons. The number of aromatic amines is 1. The first kappa shape index (κ1) is 13.7. The van der Waals surface area contributed by atoms with E-state index in [1.54, 1.807) is 32.5 Å². The molecule has 2 aromatic rings. The molecule has 0 aliphatic carbocycles. The summed E-state index contributed by atoms with van der Waals surface area (Å²) in [7, 11) is 3.14. The Morgan fingerprint density at radius 3 is 2.80 bits per heavy atom. The molecule has 0 aliphatic rings. The van der Waals surface area contributed by atoms with Crippen molar-refractivity contribution in [1.82, 2.24) is 9.97 Å². The van der Waals surface area contributed by atoms with Crippen LogP contribution in [0.5, 0.6) is 11.5 Å². The number of hydrogen-bond acceptors (Lipinski definition) is 4. The molecular formula is C14H14N2O4. The van der Waals surface area contributed by atoms with Gasteiger partial charge in [0, 0.05) is 12.1 Å². The number of rotatable bonds is 5. The van der Waals surface area contributed by atoms with Crippen LogP contribution in [0.1, 0.15) is 5.69 Å². The van der Waals surface area contributed by atoms with Crippen LogP contribution in [0.25, 0.3) is 17.5 Å². The van der Waals surface area contributed by atoms with E-state index in [1.807, 2.05) is 6.07 Å². The highest BCUT2D eigenvalue weighted by molar-refractivity contribution is 5.85. The third-order valence-corrected chi connectivity index (χ3v) is 2.66. The topological polar surface area (TPSA) is 84.4 Å². The van der Waals surface area contributed by atoms with E-state index in [0.717, 1.165) is 11.6 Å². The number of ether oxygens (including phenoxy) is 2. The van der Waals surface area contributed by atoms with Crippen molar-refractivity contribution in [3.05, 3.63) is 36.2 Å². The molecule has 6 heteroatoms. The molecule has 0 amide bonds. The summed E-state index contributed by atoms with van der Waals surface area (Å²) < 4.78 is 10.4. The summed E-state index contributed by atoms with van der Waals surface area (Å²) in [5.74, 6) is 0.883. The molecule has 0 saturated heterocycles. The number of imidazole rings is 1. The fourth-order valence-corrected chi connectivity index (χ4v) is 1.71. The SMILES string of the molecule is COc1ccc(-c2ncc(/C=C/C(=O)O)[nH]2)c(OC)c1. The normalized spacial score (nSPS) is 10.7. The maximum Gasteiger partial charge on any atom is 0.328 e. The molecule has 6 nitrogen and oxygen atoms in total. The van der Waals surface area contributed by atoms with Crippen LogP contribution in [-0.2, 0) is 4.79 Å². The number of carbonyl (C=O) groups is 1. The monoisotopic (exact) mass is 274 g/mol. The predicted molar refractivity (Wildman–Crippen MR) is 73.8 cm³/mol. The van der Waals surface area contributed by atoms with Crippen LogP contribution in [-0.4, -0.2) is 35.3 Å². The van der Waals surface area contributed by atoms with Gasteiger partial charge >= 0.3 is 5.97 Å². The zero-order valence-corrected chi connectivity index (χ0v) is 11.1. The van der Waals surface area contributed by atoms with Crippen molar-refractivity contribution in [1.29, 1.82) is 0 Å². The van der Waals surface area contributed by atoms with Crippen LogP contribution >= 0.6 is 0 Å². The fourth-order valence-electron chi connectivity index (χ4n) is 1.71. The highest BCUT2D eigenvalue weighted by atomic mass is 16.5. The van der Waals surface area contributed by atoms with E-state index in [4.69, 9.17) is 14.6 Å². The lowest BCUT2D eigenvalue weighted by atomic mass is 10.2. The van der Waals surface area contributed by atoms with E-state index < -0.39 is 5.97 Å². The van der Waals surface area contributed by atoms with E-state index in [2.05, 4.69) is 9.97 Å². The number of benzene rings is 1. The molecule has 1 heterocycles. The molecule has 2 N–H and O–H groups in total. The number of H-pyrrole nitrogens is 1. The number of methoxy groups -OCH3 is 2. The zero-order valence-electron chi connectivity index (χ0n) is 11.1. The van der Waals surface area contributed by atoms with Gasteiger partial charge in [-0.1, -0.05) is 0 Å². The Hall–Kier alpha value is -2.76. The molecule has 0 spiro atoms. The molecular weight excluding hydrogens is 260 g/mol. The minimum Gasteiger partial charge on any atom is -0.497 e. The smallest absolute Gasteiger partial charge is 0.328 e. The Labute approximate surface area is 115 Å². The van der Waals surface area contributed by atoms with Crippen molar-refractivity contribution < 1.29 is 19.4 Å². The average molecular weight is 274 g/mol. The summed E-state index contributed by atoms with van der Waals surface area (Å²) in [4.78, 5) is 17.7. The van der Waals surface area contributed by atoms with Gasteiger partial charge in [-0.2, -0.15) is 0 Å². The first-order chi connectivity index (χ1) is 9.63. The van der Waals surface area contributed by atoms with Crippen molar-refractivity contribution in [2.24, 2.45) is 0 Å². The molecule has 2 rings (SSSR count). The van der Waals surface area contributed by atoms with Crippen LogP contribution in [0.15, 0.2) is 30.5 Å². The summed E-state index contributed by atoms with van der Waals surface area (Å²) in [6.07, 6.45) is 4.04. The standard InChI is InChI=1S/C14H14N2O4/c1-19-10-4-5-11(12(7-10)20-2)14-15-8-9(16-14)3-6-13(17)18/h3-8H,1-2H3,(H,15,16)(H,17,18)/b6-3+. The van der Waals surface area contributed by atoms with Crippen LogP contribution in [0.2, 0.25) is 0 Å². The van der Waals surface area contributed by atoms with Gasteiger partial charge in [0.25, 0.3) is 0 Å². The van der Waals surface area contributed by atoms with Crippen molar-refractivity contribution >= 4 is 12.0 Å². The molecule has 1 aromatic heterocycles. The average Bonchev–Trinajstić information content (AvgIpc) is 2.93. The van der Waals surface area contributed by atoms with Crippen LogP contribution in [0.4, 0.5) is 0 Å². The number of aromatic nitrogens is 2. The molecule has 0 aliphatic heterocycles. The van der Waals surface area contributed by atoms with E-state index in [1.165, 1.54) is 6.08 Å². The minimum absolute atomic E-state index is 0.592. The van der Waals surface area contributed by atoms with Crippen molar-refractivity contribution in [2.75, 3.05) is 14.2 Å². The summed E-state index contributed by atoms with van der Waals surface area (Å²) >= 11 is 0. The van der Waals surface area contributed by atoms with Gasteiger partial charge in [0.15, 0.2) is 0 Å². The van der Waals surface area contributed by atoms with E-state index in [0.29, 0.717) is 23.0 Å². The third-order valence-electron chi connectivity index (χ3n) is 2.66. The Balaban J connectivity index is 2.34. The van der Waals surface area contributed by atoms with Crippen LogP contribution in [0.3, 0.4) is 0 Å². The Morgan fingerprint density at radius 2 is 2.15 bits per heavy atom. The Morgan fingerprint density at radius 1 is 1.35 bits per heavy atom. The molecule has 20 heavy (non-hydrogen) atoms. The number of nitrogens with one attached hydrogen (secondary N) is 1. The van der Waals surface area contributed by atoms with Crippen LogP contribution in [0, 0.1) is 0 Å². The molecule has 0 fully saturated rings. The molecule has 0 bridgehead atoms. The molecule has 104 valence electrons. The van der Waals surface area contributed by atoms with Gasteiger partial charge in [-0.05, 0) is 18.2 Å². The summed E-state index contributed by atoms with van der Waals surface area (Å²) in [6.45, 7) is 0.